The molecule has 0 unspecified atom stereocenters. The Balaban J connectivity index is 1.33. The minimum Gasteiger partial charge on any atom is -0.455 e. The average Bonchev–Trinajstić information content (AvgIpc) is 3.07. The van der Waals surface area contributed by atoms with Gasteiger partial charge in [-0.1, -0.05) is 152 Å². The zero-order valence-electron chi connectivity index (χ0n) is 28.3. The fraction of sp³-hybridized carbons (Fsp3) is 0.429. The highest BCUT2D eigenvalue weighted by atomic mass is 16.5. The van der Waals surface area contributed by atoms with Crippen LogP contribution in [-0.2, 0) is 5.41 Å². The second-order valence-electron chi connectivity index (χ2n) is 13.0. The molecule has 0 bridgehead atoms. The molecular weight excluding hydrogens is 564 g/mol. The van der Waals surface area contributed by atoms with Crippen LogP contribution in [0, 0.1) is 0 Å². The Morgan fingerprint density at radius 1 is 0.457 bits per heavy atom. The second-order valence-corrected chi connectivity index (χ2v) is 13.0. The third kappa shape index (κ3) is 10.9. The maximum absolute atomic E-state index is 6.11. The Bertz CT molecular complexity index is 1320. The van der Waals surface area contributed by atoms with Crippen molar-refractivity contribution in [1.82, 2.24) is 0 Å². The first-order valence-electron chi connectivity index (χ1n) is 17.8. The van der Waals surface area contributed by atoms with Gasteiger partial charge in [0.05, 0.1) is 11.4 Å². The Labute approximate surface area is 278 Å². The lowest BCUT2D eigenvalue weighted by atomic mass is 9.72. The Morgan fingerprint density at radius 2 is 0.804 bits per heavy atom. The van der Waals surface area contributed by atoms with Crippen LogP contribution in [0.15, 0.2) is 97.1 Å². The van der Waals surface area contributed by atoms with E-state index < -0.39 is 0 Å². The van der Waals surface area contributed by atoms with E-state index in [1.54, 1.807) is 0 Å². The third-order valence-corrected chi connectivity index (χ3v) is 9.31. The minimum absolute atomic E-state index is 0.147. The first-order valence-corrected chi connectivity index (χ1v) is 17.8. The molecule has 4 aromatic rings. The molecule has 0 heterocycles. The minimum atomic E-state index is -0.147. The van der Waals surface area contributed by atoms with Gasteiger partial charge in [-0.05, 0) is 66.1 Å². The average molecular weight is 621 g/mol. The number of nitrogens with two attached hydrogens (primary N) is 2. The van der Waals surface area contributed by atoms with Gasteiger partial charge >= 0.3 is 0 Å². The largest absolute Gasteiger partial charge is 0.455 e. The van der Waals surface area contributed by atoms with Gasteiger partial charge in [-0.15, -0.1) is 0 Å². The molecule has 0 spiro atoms. The van der Waals surface area contributed by atoms with Crippen molar-refractivity contribution < 1.29 is 9.47 Å². The zero-order valence-corrected chi connectivity index (χ0v) is 28.3. The number of hydrogen-bond acceptors (Lipinski definition) is 4. The molecule has 4 heteroatoms. The summed E-state index contributed by atoms with van der Waals surface area (Å²) >= 11 is 0. The van der Waals surface area contributed by atoms with Crippen molar-refractivity contribution in [2.75, 3.05) is 11.5 Å². The fourth-order valence-electron chi connectivity index (χ4n) is 6.31. The summed E-state index contributed by atoms with van der Waals surface area (Å²) in [6.07, 6.45) is 20.2. The van der Waals surface area contributed by atoms with Crippen molar-refractivity contribution in [2.45, 2.75) is 116 Å². The van der Waals surface area contributed by atoms with Gasteiger partial charge in [0.25, 0.3) is 0 Å². The van der Waals surface area contributed by atoms with Gasteiger partial charge in [0.2, 0.25) is 0 Å². The molecule has 4 nitrogen and oxygen atoms in total. The molecule has 0 saturated heterocycles. The van der Waals surface area contributed by atoms with Gasteiger partial charge < -0.3 is 20.9 Å². The van der Waals surface area contributed by atoms with Crippen LogP contribution in [-0.4, -0.2) is 0 Å². The zero-order chi connectivity index (χ0) is 32.5. The molecule has 4 rings (SSSR count). The summed E-state index contributed by atoms with van der Waals surface area (Å²) in [5.41, 5.74) is 15.9. The number of hydrogen-bond donors (Lipinski definition) is 2. The summed E-state index contributed by atoms with van der Waals surface area (Å²) in [6.45, 7) is 4.65. The Hall–Kier alpha value is -3.92. The fourth-order valence-corrected chi connectivity index (χ4v) is 6.31. The van der Waals surface area contributed by atoms with E-state index in [1.165, 1.54) is 101 Å². The summed E-state index contributed by atoms with van der Waals surface area (Å²) < 4.78 is 12.2. The summed E-state index contributed by atoms with van der Waals surface area (Å²) in [4.78, 5) is 0. The molecule has 0 fully saturated rings. The summed E-state index contributed by atoms with van der Waals surface area (Å²) in [5, 5.41) is 0. The molecule has 0 aliphatic heterocycles. The van der Waals surface area contributed by atoms with Gasteiger partial charge in [-0.2, -0.15) is 0 Å². The van der Waals surface area contributed by atoms with Gasteiger partial charge in [0.1, 0.15) is 23.0 Å². The second kappa shape index (κ2) is 18.9. The normalized spacial score (nSPS) is 11.4. The first-order chi connectivity index (χ1) is 22.5. The van der Waals surface area contributed by atoms with E-state index >= 15 is 0 Å². The lowest BCUT2D eigenvalue weighted by Crippen LogP contribution is -2.23. The van der Waals surface area contributed by atoms with Gasteiger partial charge in [0, 0.05) is 5.41 Å². The number of rotatable bonds is 21. The number of para-hydroxylation sites is 4. The molecule has 4 aromatic carbocycles. The molecule has 0 radical (unpaired) electrons. The van der Waals surface area contributed by atoms with Crippen LogP contribution >= 0.6 is 0 Å². The van der Waals surface area contributed by atoms with Crippen molar-refractivity contribution in [2.24, 2.45) is 0 Å². The van der Waals surface area contributed by atoms with Gasteiger partial charge in [-0.25, -0.2) is 0 Å². The number of ether oxygens (including phenoxy) is 2. The van der Waals surface area contributed by atoms with E-state index in [2.05, 4.69) is 62.4 Å². The predicted octanol–water partition coefficient (Wildman–Crippen LogP) is 12.6. The van der Waals surface area contributed by atoms with E-state index in [9.17, 15) is 0 Å². The summed E-state index contributed by atoms with van der Waals surface area (Å²) in [5.74, 6) is 2.92. The standard InChI is InChI=1S/C42H56N2O2/c1-3-4-5-6-7-8-9-10-11-12-13-14-15-20-33-42(2,34-25-29-36(30-26-34)45-40-23-18-16-21-38(40)43)35-27-31-37(32-28-35)46-41-24-19-17-22-39(41)44/h16-19,21-32H,3-15,20,33,43-44H2,1-2H3. The number of benzene rings is 4. The number of nitrogen functional groups attached to an aromatic ring is 2. The SMILES string of the molecule is CCCCCCCCCCCCCCCCC(C)(c1ccc(Oc2ccccc2N)cc1)c1ccc(Oc2ccccc2N)cc1. The van der Waals surface area contributed by atoms with Crippen LogP contribution in [0.5, 0.6) is 23.0 Å². The molecule has 0 aliphatic rings. The quantitative estimate of drug-likeness (QED) is 0.0718. The lowest BCUT2D eigenvalue weighted by Gasteiger charge is -2.31. The molecule has 0 amide bonds. The summed E-state index contributed by atoms with van der Waals surface area (Å²) in [6, 6.07) is 32.3. The highest BCUT2D eigenvalue weighted by molar-refractivity contribution is 5.55. The van der Waals surface area contributed by atoms with E-state index in [4.69, 9.17) is 20.9 Å². The van der Waals surface area contributed by atoms with Crippen LogP contribution < -0.4 is 20.9 Å². The Morgan fingerprint density at radius 3 is 1.17 bits per heavy atom. The van der Waals surface area contributed by atoms with Crippen molar-refractivity contribution in [1.29, 1.82) is 0 Å². The van der Waals surface area contributed by atoms with Crippen molar-refractivity contribution in [3.8, 4) is 23.0 Å². The predicted molar refractivity (Wildman–Crippen MR) is 196 cm³/mol. The van der Waals surface area contributed by atoms with Gasteiger partial charge in [0.15, 0.2) is 0 Å². The number of anilines is 2. The van der Waals surface area contributed by atoms with Crippen LogP contribution in [0.1, 0.15) is 121 Å². The molecule has 4 N–H and O–H groups in total. The molecule has 0 aliphatic carbocycles. The van der Waals surface area contributed by atoms with E-state index in [0.29, 0.717) is 22.9 Å². The molecule has 46 heavy (non-hydrogen) atoms. The first kappa shape index (κ1) is 34.9. The molecule has 246 valence electrons. The molecular formula is C42H56N2O2. The molecule has 0 saturated carbocycles. The molecule has 0 aromatic heterocycles. The smallest absolute Gasteiger partial charge is 0.150 e. The monoisotopic (exact) mass is 620 g/mol. The maximum Gasteiger partial charge on any atom is 0.150 e. The highest BCUT2D eigenvalue weighted by Crippen LogP contribution is 2.40. The number of unbranched alkanes of at least 4 members (excludes halogenated alkanes) is 13. The van der Waals surface area contributed by atoms with Crippen molar-refractivity contribution >= 4 is 11.4 Å². The highest BCUT2D eigenvalue weighted by Gasteiger charge is 2.28. The van der Waals surface area contributed by atoms with Crippen LogP contribution in [0.2, 0.25) is 0 Å². The summed E-state index contributed by atoms with van der Waals surface area (Å²) in [7, 11) is 0. The molecule has 0 atom stereocenters. The van der Waals surface area contributed by atoms with Gasteiger partial charge in [-0.3, -0.25) is 0 Å². The van der Waals surface area contributed by atoms with E-state index in [1.807, 2.05) is 48.5 Å². The maximum atomic E-state index is 6.11. The lowest BCUT2D eigenvalue weighted by molar-refractivity contribution is 0.462. The van der Waals surface area contributed by atoms with Crippen molar-refractivity contribution in [3.63, 3.8) is 0 Å². The third-order valence-electron chi connectivity index (χ3n) is 9.31. The van der Waals surface area contributed by atoms with Crippen LogP contribution in [0.25, 0.3) is 0 Å². The van der Waals surface area contributed by atoms with Crippen molar-refractivity contribution in [3.05, 3.63) is 108 Å². The van der Waals surface area contributed by atoms with Crippen LogP contribution in [0.4, 0.5) is 11.4 Å². The van der Waals surface area contributed by atoms with E-state index in [-0.39, 0.29) is 5.41 Å². The van der Waals surface area contributed by atoms with Crippen LogP contribution in [0.3, 0.4) is 0 Å². The topological polar surface area (TPSA) is 70.5 Å². The van der Waals surface area contributed by atoms with E-state index in [0.717, 1.165) is 17.9 Å². The Kier molecular flexibility index (Phi) is 14.4.